The van der Waals surface area contributed by atoms with Crippen molar-refractivity contribution in [1.29, 1.82) is 0 Å². The molecule has 0 unspecified atom stereocenters. The number of para-hydroxylation sites is 1. The lowest BCUT2D eigenvalue weighted by atomic mass is 10.1. The Bertz CT molecular complexity index is 1070. The lowest BCUT2D eigenvalue weighted by Gasteiger charge is -2.28. The molecular weight excluding hydrogens is 350 g/mol. The molecule has 1 aliphatic rings. The molecular formula is C22H22N5O+. The lowest BCUT2D eigenvalue weighted by molar-refractivity contribution is -0.494. The van der Waals surface area contributed by atoms with Gasteiger partial charge in [0.15, 0.2) is 5.69 Å². The fourth-order valence-corrected chi connectivity index (χ4v) is 3.61. The molecule has 3 heterocycles. The third-order valence-electron chi connectivity index (χ3n) is 5.06. The Morgan fingerprint density at radius 2 is 1.79 bits per heavy atom. The van der Waals surface area contributed by atoms with Crippen LogP contribution in [-0.4, -0.2) is 36.3 Å². The van der Waals surface area contributed by atoms with Crippen LogP contribution in [0, 0.1) is 0 Å². The number of nitrogens with one attached hydrogen (secondary N) is 2. The van der Waals surface area contributed by atoms with Crippen LogP contribution in [0.15, 0.2) is 73.2 Å². The van der Waals surface area contributed by atoms with E-state index in [-0.39, 0.29) is 0 Å². The van der Waals surface area contributed by atoms with Crippen molar-refractivity contribution >= 4 is 22.8 Å². The van der Waals surface area contributed by atoms with Crippen LogP contribution in [-0.2, 0) is 4.74 Å². The van der Waals surface area contributed by atoms with Gasteiger partial charge in [-0.05, 0) is 36.4 Å². The molecule has 2 aromatic heterocycles. The van der Waals surface area contributed by atoms with Crippen LogP contribution in [0.3, 0.4) is 0 Å². The molecule has 1 fully saturated rings. The van der Waals surface area contributed by atoms with Crippen molar-refractivity contribution in [3.8, 4) is 11.3 Å². The number of hydrogen-bond donors (Lipinski definition) is 2. The number of rotatable bonds is 4. The number of benzene rings is 2. The molecule has 6 nitrogen and oxygen atoms in total. The number of aromatic amines is 1. The molecule has 0 saturated carbocycles. The molecule has 6 heteroatoms. The number of H-pyrrole nitrogens is 1. The van der Waals surface area contributed by atoms with Gasteiger partial charge >= 0.3 is 0 Å². The number of morpholine rings is 1. The first kappa shape index (κ1) is 16.8. The number of nitrogens with zero attached hydrogens (tertiary/aromatic N) is 3. The maximum absolute atomic E-state index is 5.46. The summed E-state index contributed by atoms with van der Waals surface area (Å²) in [5.74, 6) is 0.989. The molecule has 140 valence electrons. The Morgan fingerprint density at radius 1 is 1.00 bits per heavy atom. The molecule has 4 aromatic rings. The van der Waals surface area contributed by atoms with Crippen molar-refractivity contribution in [2.75, 3.05) is 36.5 Å². The molecule has 2 aromatic carbocycles. The van der Waals surface area contributed by atoms with Gasteiger partial charge in [0.1, 0.15) is 6.20 Å². The summed E-state index contributed by atoms with van der Waals surface area (Å²) in [6.45, 7) is 3.46. The number of imidazole rings is 1. The van der Waals surface area contributed by atoms with E-state index >= 15 is 0 Å². The van der Waals surface area contributed by atoms with E-state index in [0.29, 0.717) is 0 Å². The van der Waals surface area contributed by atoms with Gasteiger partial charge < -0.3 is 9.64 Å². The SMILES string of the molecule is c1ccc(Nc2c(-c3ccc(N4CCOCC4)cc3)[nH]c3cncc[n+]23)cc1. The molecule has 0 aliphatic carbocycles. The Morgan fingerprint density at radius 3 is 2.57 bits per heavy atom. The first-order valence-electron chi connectivity index (χ1n) is 9.51. The summed E-state index contributed by atoms with van der Waals surface area (Å²) in [4.78, 5) is 10.1. The van der Waals surface area contributed by atoms with E-state index in [0.717, 1.165) is 54.7 Å². The molecule has 0 atom stereocenters. The molecule has 1 aliphatic heterocycles. The number of anilines is 3. The van der Waals surface area contributed by atoms with E-state index in [1.165, 1.54) is 5.69 Å². The molecule has 0 bridgehead atoms. The van der Waals surface area contributed by atoms with Crippen LogP contribution < -0.4 is 14.6 Å². The highest BCUT2D eigenvalue weighted by molar-refractivity contribution is 5.76. The van der Waals surface area contributed by atoms with Crippen molar-refractivity contribution in [3.63, 3.8) is 0 Å². The maximum Gasteiger partial charge on any atom is 0.271 e. The van der Waals surface area contributed by atoms with E-state index < -0.39 is 0 Å². The van der Waals surface area contributed by atoms with E-state index in [1.807, 2.05) is 30.6 Å². The average molecular weight is 372 g/mol. The van der Waals surface area contributed by atoms with Gasteiger partial charge in [0.25, 0.3) is 5.82 Å². The Kier molecular flexibility index (Phi) is 4.39. The molecule has 0 spiro atoms. The fraction of sp³-hybridized carbons (Fsp3) is 0.182. The predicted octanol–water partition coefficient (Wildman–Crippen LogP) is 3.40. The molecule has 0 radical (unpaired) electrons. The molecule has 0 amide bonds. The second-order valence-corrected chi connectivity index (χ2v) is 6.82. The predicted molar refractivity (Wildman–Crippen MR) is 110 cm³/mol. The monoisotopic (exact) mass is 372 g/mol. The van der Waals surface area contributed by atoms with Gasteiger partial charge in [-0.2, -0.15) is 4.40 Å². The summed E-state index contributed by atoms with van der Waals surface area (Å²) in [5.41, 5.74) is 5.37. The quantitative estimate of drug-likeness (QED) is 0.539. The number of hydrogen-bond acceptors (Lipinski definition) is 4. The van der Waals surface area contributed by atoms with Crippen LogP contribution in [0.2, 0.25) is 0 Å². The minimum Gasteiger partial charge on any atom is -0.378 e. The summed E-state index contributed by atoms with van der Waals surface area (Å²) < 4.78 is 7.55. The second kappa shape index (κ2) is 7.32. The van der Waals surface area contributed by atoms with Crippen molar-refractivity contribution in [1.82, 2.24) is 9.97 Å². The van der Waals surface area contributed by atoms with Crippen LogP contribution in [0.5, 0.6) is 0 Å². The highest BCUT2D eigenvalue weighted by atomic mass is 16.5. The summed E-state index contributed by atoms with van der Waals surface area (Å²) in [5, 5.41) is 3.55. The molecule has 5 rings (SSSR count). The van der Waals surface area contributed by atoms with E-state index in [1.54, 1.807) is 6.20 Å². The largest absolute Gasteiger partial charge is 0.378 e. The normalized spacial score (nSPS) is 14.4. The minimum absolute atomic E-state index is 0.790. The minimum atomic E-state index is 0.790. The average Bonchev–Trinajstić information content (AvgIpc) is 3.14. The van der Waals surface area contributed by atoms with Crippen LogP contribution >= 0.6 is 0 Å². The first-order valence-corrected chi connectivity index (χ1v) is 9.51. The summed E-state index contributed by atoms with van der Waals surface area (Å²) >= 11 is 0. The van der Waals surface area contributed by atoms with Crippen LogP contribution in [0.25, 0.3) is 16.9 Å². The Labute approximate surface area is 163 Å². The van der Waals surface area contributed by atoms with Gasteiger partial charge in [-0.25, -0.2) is 0 Å². The van der Waals surface area contributed by atoms with E-state index in [2.05, 4.69) is 61.0 Å². The number of aromatic nitrogens is 3. The van der Waals surface area contributed by atoms with E-state index in [9.17, 15) is 0 Å². The van der Waals surface area contributed by atoms with Gasteiger partial charge in [0.2, 0.25) is 5.65 Å². The summed E-state index contributed by atoms with van der Waals surface area (Å²) in [6.07, 6.45) is 5.59. The third-order valence-corrected chi connectivity index (χ3v) is 5.06. The van der Waals surface area contributed by atoms with Crippen LogP contribution in [0.4, 0.5) is 17.2 Å². The van der Waals surface area contributed by atoms with Gasteiger partial charge in [0, 0.05) is 24.3 Å². The van der Waals surface area contributed by atoms with Gasteiger partial charge in [-0.15, -0.1) is 0 Å². The van der Waals surface area contributed by atoms with Crippen LogP contribution in [0.1, 0.15) is 0 Å². The summed E-state index contributed by atoms with van der Waals surface area (Å²) in [7, 11) is 0. The number of fused-ring (bicyclic) bond motifs is 1. The third kappa shape index (κ3) is 3.18. The molecule has 1 saturated heterocycles. The smallest absolute Gasteiger partial charge is 0.271 e. The highest BCUT2D eigenvalue weighted by Gasteiger charge is 2.21. The lowest BCUT2D eigenvalue weighted by Crippen LogP contribution is -2.36. The first-order chi connectivity index (χ1) is 13.9. The van der Waals surface area contributed by atoms with Gasteiger partial charge in [0.05, 0.1) is 31.3 Å². The van der Waals surface area contributed by atoms with Crippen molar-refractivity contribution in [2.45, 2.75) is 0 Å². The topological polar surface area (TPSA) is 57.3 Å². The van der Waals surface area contributed by atoms with Gasteiger partial charge in [-0.3, -0.25) is 15.3 Å². The second-order valence-electron chi connectivity index (χ2n) is 6.82. The zero-order chi connectivity index (χ0) is 18.8. The highest BCUT2D eigenvalue weighted by Crippen LogP contribution is 2.29. The van der Waals surface area contributed by atoms with Crippen molar-refractivity contribution < 1.29 is 9.14 Å². The fourth-order valence-electron chi connectivity index (χ4n) is 3.61. The van der Waals surface area contributed by atoms with Crippen molar-refractivity contribution in [3.05, 3.63) is 73.2 Å². The standard InChI is InChI=1S/C22H21N5O/c1-2-4-18(5-3-1)24-22-21(25-20-16-23-10-11-27(20)22)17-6-8-19(9-7-17)26-12-14-28-15-13-26/h1-11,16H,12-15H2,(H,23,24)/p+1. The zero-order valence-corrected chi connectivity index (χ0v) is 15.5. The Balaban J connectivity index is 1.53. The summed E-state index contributed by atoms with van der Waals surface area (Å²) in [6, 6.07) is 18.9. The maximum atomic E-state index is 5.46. The Hall–Kier alpha value is -3.38. The zero-order valence-electron chi connectivity index (χ0n) is 15.5. The number of ether oxygens (including phenoxy) is 1. The molecule has 2 N–H and O–H groups in total. The van der Waals surface area contributed by atoms with Gasteiger partial charge in [-0.1, -0.05) is 18.2 Å². The van der Waals surface area contributed by atoms with Crippen molar-refractivity contribution in [2.24, 2.45) is 0 Å². The van der Waals surface area contributed by atoms with E-state index in [4.69, 9.17) is 4.74 Å². The molecule has 28 heavy (non-hydrogen) atoms.